The highest BCUT2D eigenvalue weighted by atomic mass is 32.1. The van der Waals surface area contributed by atoms with Gasteiger partial charge in [-0.1, -0.05) is 41.7 Å². The maximum atomic E-state index is 4.62. The van der Waals surface area contributed by atoms with Gasteiger partial charge in [-0.25, -0.2) is 4.98 Å². The molecular weight excluding hydrogens is 280 g/mol. The number of pyridine rings is 1. The standard InChI is InChI=1S/C16H16N4S/c1-2-4-11(5-3-1)12-8-18-9-13(12)19-16-20-14-10-17-7-6-15(14)21-16/h1-7,10,12-13,18H,8-9H2,(H,19,20)/t12-,13+/m1/s1. The van der Waals surface area contributed by atoms with Crippen LogP contribution in [0.25, 0.3) is 10.2 Å². The zero-order valence-electron chi connectivity index (χ0n) is 11.5. The zero-order chi connectivity index (χ0) is 14.1. The lowest BCUT2D eigenvalue weighted by molar-refractivity contribution is 0.692. The molecule has 21 heavy (non-hydrogen) atoms. The average Bonchev–Trinajstić information content (AvgIpc) is 3.14. The third kappa shape index (κ3) is 2.50. The Hall–Kier alpha value is -1.98. The largest absolute Gasteiger partial charge is 0.357 e. The molecule has 1 aromatic carbocycles. The summed E-state index contributed by atoms with van der Waals surface area (Å²) in [7, 11) is 0. The molecular formula is C16H16N4S. The number of benzene rings is 1. The van der Waals surface area contributed by atoms with Crippen LogP contribution in [0.2, 0.25) is 0 Å². The minimum absolute atomic E-state index is 0.376. The van der Waals surface area contributed by atoms with Gasteiger partial charge in [0.05, 0.1) is 10.9 Å². The SMILES string of the molecule is c1ccc([C@H]2CNC[C@@H]2Nc2nc3cnccc3s2)cc1. The number of hydrogen-bond acceptors (Lipinski definition) is 5. The Morgan fingerprint density at radius 1 is 1.14 bits per heavy atom. The smallest absolute Gasteiger partial charge is 0.184 e. The molecule has 2 aromatic heterocycles. The van der Waals surface area contributed by atoms with Crippen LogP contribution >= 0.6 is 11.3 Å². The van der Waals surface area contributed by atoms with Gasteiger partial charge in [-0.15, -0.1) is 0 Å². The van der Waals surface area contributed by atoms with Crippen LogP contribution in [0.3, 0.4) is 0 Å². The second kappa shape index (κ2) is 5.42. The number of nitrogens with one attached hydrogen (secondary N) is 2. The highest BCUT2D eigenvalue weighted by molar-refractivity contribution is 7.22. The second-order valence-electron chi connectivity index (χ2n) is 5.29. The van der Waals surface area contributed by atoms with E-state index >= 15 is 0 Å². The van der Waals surface area contributed by atoms with Gasteiger partial charge in [0.25, 0.3) is 0 Å². The van der Waals surface area contributed by atoms with E-state index in [0.717, 1.165) is 23.7 Å². The summed E-state index contributed by atoms with van der Waals surface area (Å²) in [5, 5.41) is 8.05. The maximum Gasteiger partial charge on any atom is 0.184 e. The monoisotopic (exact) mass is 296 g/mol. The lowest BCUT2D eigenvalue weighted by Gasteiger charge is -2.19. The van der Waals surface area contributed by atoms with E-state index < -0.39 is 0 Å². The zero-order valence-corrected chi connectivity index (χ0v) is 12.3. The first-order valence-electron chi connectivity index (χ1n) is 7.13. The van der Waals surface area contributed by atoms with Crippen molar-refractivity contribution in [3.8, 4) is 0 Å². The topological polar surface area (TPSA) is 49.8 Å². The van der Waals surface area contributed by atoms with Crippen molar-refractivity contribution in [2.75, 3.05) is 18.4 Å². The predicted octanol–water partition coefficient (Wildman–Crippen LogP) is 2.86. The van der Waals surface area contributed by atoms with Crippen LogP contribution in [0.4, 0.5) is 5.13 Å². The van der Waals surface area contributed by atoms with Gasteiger partial charge < -0.3 is 10.6 Å². The van der Waals surface area contributed by atoms with Crippen molar-refractivity contribution in [2.24, 2.45) is 0 Å². The fourth-order valence-electron chi connectivity index (χ4n) is 2.88. The minimum atomic E-state index is 0.376. The van der Waals surface area contributed by atoms with Crippen LogP contribution in [0.5, 0.6) is 0 Å². The molecule has 106 valence electrons. The maximum absolute atomic E-state index is 4.62. The third-order valence-corrected chi connectivity index (χ3v) is 4.91. The quantitative estimate of drug-likeness (QED) is 0.780. The van der Waals surface area contributed by atoms with Crippen molar-refractivity contribution in [1.82, 2.24) is 15.3 Å². The minimum Gasteiger partial charge on any atom is -0.357 e. The second-order valence-corrected chi connectivity index (χ2v) is 6.32. The van der Waals surface area contributed by atoms with Gasteiger partial charge in [0.1, 0.15) is 5.52 Å². The van der Waals surface area contributed by atoms with Gasteiger partial charge in [0.15, 0.2) is 5.13 Å². The molecule has 1 aliphatic rings. The van der Waals surface area contributed by atoms with E-state index in [1.54, 1.807) is 11.3 Å². The fourth-order valence-corrected chi connectivity index (χ4v) is 3.78. The summed E-state index contributed by atoms with van der Waals surface area (Å²) in [5.74, 6) is 0.483. The molecule has 0 saturated carbocycles. The molecule has 0 bridgehead atoms. The number of anilines is 1. The van der Waals surface area contributed by atoms with Gasteiger partial charge in [0, 0.05) is 31.2 Å². The summed E-state index contributed by atoms with van der Waals surface area (Å²) in [4.78, 5) is 8.75. The van der Waals surface area contributed by atoms with Crippen LogP contribution in [-0.4, -0.2) is 29.1 Å². The molecule has 3 aromatic rings. The number of thiazole rings is 1. The highest BCUT2D eigenvalue weighted by Gasteiger charge is 2.28. The molecule has 0 unspecified atom stereocenters. The molecule has 1 fully saturated rings. The third-order valence-electron chi connectivity index (χ3n) is 3.94. The summed E-state index contributed by atoms with van der Waals surface area (Å²) in [6, 6.07) is 13.1. The van der Waals surface area contributed by atoms with Gasteiger partial charge in [-0.3, -0.25) is 4.98 Å². The molecule has 0 radical (unpaired) electrons. The average molecular weight is 296 g/mol. The van der Waals surface area contributed by atoms with Crippen molar-refractivity contribution >= 4 is 26.7 Å². The van der Waals surface area contributed by atoms with Crippen LogP contribution in [0, 0.1) is 0 Å². The van der Waals surface area contributed by atoms with Crippen molar-refractivity contribution < 1.29 is 0 Å². The van der Waals surface area contributed by atoms with Crippen LogP contribution in [-0.2, 0) is 0 Å². The Morgan fingerprint density at radius 2 is 2.05 bits per heavy atom. The van der Waals surface area contributed by atoms with Gasteiger partial charge in [0.2, 0.25) is 0 Å². The molecule has 0 amide bonds. The number of aromatic nitrogens is 2. The van der Waals surface area contributed by atoms with E-state index in [-0.39, 0.29) is 0 Å². The van der Waals surface area contributed by atoms with E-state index in [1.807, 2.05) is 18.5 Å². The number of rotatable bonds is 3. The van der Waals surface area contributed by atoms with Crippen molar-refractivity contribution in [3.63, 3.8) is 0 Å². The Balaban J connectivity index is 1.58. The molecule has 0 spiro atoms. The molecule has 1 aliphatic heterocycles. The van der Waals surface area contributed by atoms with Gasteiger partial charge in [-0.05, 0) is 11.6 Å². The summed E-state index contributed by atoms with van der Waals surface area (Å²) >= 11 is 1.69. The van der Waals surface area contributed by atoms with E-state index in [4.69, 9.17) is 0 Å². The predicted molar refractivity (Wildman–Crippen MR) is 86.9 cm³/mol. The summed E-state index contributed by atoms with van der Waals surface area (Å²) < 4.78 is 1.18. The Kier molecular flexibility index (Phi) is 3.29. The van der Waals surface area contributed by atoms with E-state index in [0.29, 0.717) is 12.0 Å². The molecule has 0 aliphatic carbocycles. The molecule has 2 atom stereocenters. The lowest BCUT2D eigenvalue weighted by atomic mass is 9.94. The Morgan fingerprint density at radius 3 is 2.90 bits per heavy atom. The number of nitrogens with zero attached hydrogens (tertiary/aromatic N) is 2. The molecule has 5 heteroatoms. The molecule has 3 heterocycles. The fraction of sp³-hybridized carbons (Fsp3) is 0.250. The van der Waals surface area contributed by atoms with Gasteiger partial charge >= 0.3 is 0 Å². The van der Waals surface area contributed by atoms with Crippen LogP contribution in [0.1, 0.15) is 11.5 Å². The Labute approximate surface area is 127 Å². The number of fused-ring (bicyclic) bond motifs is 1. The van der Waals surface area contributed by atoms with Crippen molar-refractivity contribution in [1.29, 1.82) is 0 Å². The highest BCUT2D eigenvalue weighted by Crippen LogP contribution is 2.29. The van der Waals surface area contributed by atoms with E-state index in [9.17, 15) is 0 Å². The van der Waals surface area contributed by atoms with Crippen LogP contribution < -0.4 is 10.6 Å². The van der Waals surface area contributed by atoms with Crippen molar-refractivity contribution in [3.05, 3.63) is 54.4 Å². The van der Waals surface area contributed by atoms with Crippen molar-refractivity contribution in [2.45, 2.75) is 12.0 Å². The normalized spacial score (nSPS) is 21.7. The molecule has 2 N–H and O–H groups in total. The summed E-state index contributed by atoms with van der Waals surface area (Å²) in [5.41, 5.74) is 2.34. The summed E-state index contributed by atoms with van der Waals surface area (Å²) in [6.07, 6.45) is 3.63. The molecule has 4 nitrogen and oxygen atoms in total. The van der Waals surface area contributed by atoms with E-state index in [2.05, 4.69) is 50.9 Å². The Bertz CT molecular complexity index is 707. The summed E-state index contributed by atoms with van der Waals surface area (Å²) in [6.45, 7) is 1.97. The first kappa shape index (κ1) is 12.7. The first-order chi connectivity index (χ1) is 10.4. The molecule has 1 saturated heterocycles. The number of hydrogen-bond donors (Lipinski definition) is 2. The van der Waals surface area contributed by atoms with E-state index in [1.165, 1.54) is 10.3 Å². The lowest BCUT2D eigenvalue weighted by Crippen LogP contribution is -2.26. The first-order valence-corrected chi connectivity index (χ1v) is 7.94. The van der Waals surface area contributed by atoms with Crippen LogP contribution in [0.15, 0.2) is 48.8 Å². The molecule has 4 rings (SSSR count). The van der Waals surface area contributed by atoms with Gasteiger partial charge in [-0.2, -0.15) is 0 Å².